The van der Waals surface area contributed by atoms with E-state index >= 15 is 0 Å². The van der Waals surface area contributed by atoms with Crippen LogP contribution in [-0.4, -0.2) is 0 Å². The third-order valence-corrected chi connectivity index (χ3v) is 4.29. The lowest BCUT2D eigenvalue weighted by Gasteiger charge is -2.09. The number of halogens is 3. The van der Waals surface area contributed by atoms with E-state index in [9.17, 15) is 4.79 Å². The molecule has 2 nitrogen and oxygen atoms in total. The first-order valence-electron chi connectivity index (χ1n) is 6.16. The molecular formula is C16H9BrCl2O2. The fourth-order valence-corrected chi connectivity index (χ4v) is 3.28. The zero-order valence-corrected chi connectivity index (χ0v) is 14.0. The highest BCUT2D eigenvalue weighted by Crippen LogP contribution is 2.33. The van der Waals surface area contributed by atoms with Crippen molar-refractivity contribution in [3.05, 3.63) is 66.9 Å². The summed E-state index contributed by atoms with van der Waals surface area (Å²) in [5.41, 5.74) is 2.05. The summed E-state index contributed by atoms with van der Waals surface area (Å²) < 4.78 is 6.28. The maximum atomic E-state index is 12.3. The molecule has 106 valence electrons. The van der Waals surface area contributed by atoms with Gasteiger partial charge >= 0.3 is 5.63 Å². The smallest absolute Gasteiger partial charge is 0.344 e. The van der Waals surface area contributed by atoms with Crippen molar-refractivity contribution in [1.82, 2.24) is 0 Å². The van der Waals surface area contributed by atoms with E-state index in [2.05, 4.69) is 15.9 Å². The molecule has 2 aromatic carbocycles. The van der Waals surface area contributed by atoms with E-state index in [1.165, 1.54) is 0 Å². The van der Waals surface area contributed by atoms with Gasteiger partial charge in [-0.25, -0.2) is 4.79 Å². The summed E-state index contributed by atoms with van der Waals surface area (Å²) in [6.07, 6.45) is 0. The Labute approximate surface area is 139 Å². The summed E-state index contributed by atoms with van der Waals surface area (Å²) >= 11 is 15.6. The Morgan fingerprint density at radius 3 is 2.62 bits per heavy atom. The standard InChI is InChI=1S/C16H9BrCl2O2/c1-8-12-6-11(18)7-13(19)15(12)21-16(20)14(8)9-3-2-4-10(17)5-9/h2-7H,1H3. The monoisotopic (exact) mass is 382 g/mol. The van der Waals surface area contributed by atoms with Gasteiger partial charge in [0, 0.05) is 14.9 Å². The Bertz CT molecular complexity index is 916. The van der Waals surface area contributed by atoms with Crippen molar-refractivity contribution in [3.8, 4) is 11.1 Å². The Hall–Kier alpha value is -1.29. The van der Waals surface area contributed by atoms with E-state index < -0.39 is 5.63 Å². The van der Waals surface area contributed by atoms with E-state index in [0.717, 1.165) is 21.0 Å². The molecule has 1 heterocycles. The van der Waals surface area contributed by atoms with Gasteiger partial charge in [0.2, 0.25) is 0 Å². The van der Waals surface area contributed by atoms with E-state index in [1.54, 1.807) is 12.1 Å². The molecule has 0 N–H and O–H groups in total. The molecule has 0 radical (unpaired) electrons. The van der Waals surface area contributed by atoms with Gasteiger partial charge in [0.25, 0.3) is 0 Å². The van der Waals surface area contributed by atoms with Crippen molar-refractivity contribution in [1.29, 1.82) is 0 Å². The highest BCUT2D eigenvalue weighted by molar-refractivity contribution is 9.10. The Morgan fingerprint density at radius 2 is 1.90 bits per heavy atom. The van der Waals surface area contributed by atoms with Crippen molar-refractivity contribution < 1.29 is 4.42 Å². The van der Waals surface area contributed by atoms with Gasteiger partial charge in [-0.1, -0.05) is 51.3 Å². The van der Waals surface area contributed by atoms with Gasteiger partial charge in [0.1, 0.15) is 0 Å². The number of fused-ring (bicyclic) bond motifs is 1. The summed E-state index contributed by atoms with van der Waals surface area (Å²) in [6, 6.07) is 10.8. The highest BCUT2D eigenvalue weighted by Gasteiger charge is 2.16. The molecule has 0 fully saturated rings. The molecule has 5 heteroatoms. The zero-order valence-electron chi connectivity index (χ0n) is 10.9. The number of benzene rings is 2. The van der Waals surface area contributed by atoms with Gasteiger partial charge in [-0.2, -0.15) is 0 Å². The predicted molar refractivity (Wildman–Crippen MR) is 90.4 cm³/mol. The van der Waals surface area contributed by atoms with Crippen LogP contribution in [0.5, 0.6) is 0 Å². The summed E-state index contributed by atoms with van der Waals surface area (Å²) in [5.74, 6) is 0. The van der Waals surface area contributed by atoms with Crippen molar-refractivity contribution in [2.45, 2.75) is 6.92 Å². The minimum atomic E-state index is -0.415. The molecule has 21 heavy (non-hydrogen) atoms. The van der Waals surface area contributed by atoms with Crippen molar-refractivity contribution >= 4 is 50.1 Å². The normalized spacial score (nSPS) is 11.0. The van der Waals surface area contributed by atoms with Gasteiger partial charge in [0.05, 0.1) is 10.6 Å². The Balaban J connectivity index is 2.42. The predicted octanol–water partition coefficient (Wildman–Crippen LogP) is 5.84. The number of aryl methyl sites for hydroxylation is 1. The fraction of sp³-hybridized carbons (Fsp3) is 0.0625. The molecule has 0 atom stereocenters. The van der Waals surface area contributed by atoms with E-state index in [4.69, 9.17) is 27.6 Å². The largest absolute Gasteiger partial charge is 0.421 e. The van der Waals surface area contributed by atoms with Crippen LogP contribution in [0.2, 0.25) is 10.0 Å². The van der Waals surface area contributed by atoms with E-state index in [0.29, 0.717) is 21.2 Å². The molecule has 0 aliphatic carbocycles. The van der Waals surface area contributed by atoms with Crippen LogP contribution in [0.25, 0.3) is 22.1 Å². The molecule has 0 bridgehead atoms. The maximum absolute atomic E-state index is 12.3. The average Bonchev–Trinajstić information content (AvgIpc) is 2.40. The molecule has 0 unspecified atom stereocenters. The lowest BCUT2D eigenvalue weighted by molar-refractivity contribution is 0.562. The second-order valence-electron chi connectivity index (χ2n) is 4.66. The minimum absolute atomic E-state index is 0.332. The Morgan fingerprint density at radius 1 is 1.14 bits per heavy atom. The molecule has 3 aromatic rings. The maximum Gasteiger partial charge on any atom is 0.344 e. The second kappa shape index (κ2) is 5.48. The highest BCUT2D eigenvalue weighted by atomic mass is 79.9. The molecule has 3 rings (SSSR count). The third kappa shape index (κ3) is 2.61. The molecule has 0 amide bonds. The lowest BCUT2D eigenvalue weighted by Crippen LogP contribution is -2.06. The molecular weight excluding hydrogens is 375 g/mol. The molecule has 0 aliphatic heterocycles. The molecule has 0 spiro atoms. The first-order valence-corrected chi connectivity index (χ1v) is 7.70. The molecule has 0 saturated carbocycles. The second-order valence-corrected chi connectivity index (χ2v) is 6.42. The number of rotatable bonds is 1. The van der Waals surface area contributed by atoms with Crippen LogP contribution in [0.3, 0.4) is 0 Å². The van der Waals surface area contributed by atoms with Gasteiger partial charge in [-0.15, -0.1) is 0 Å². The third-order valence-electron chi connectivity index (χ3n) is 3.30. The van der Waals surface area contributed by atoms with Crippen LogP contribution in [0.4, 0.5) is 0 Å². The Kier molecular flexibility index (Phi) is 3.82. The van der Waals surface area contributed by atoms with Gasteiger partial charge in [-0.05, 0) is 42.3 Å². The average molecular weight is 384 g/mol. The van der Waals surface area contributed by atoms with Crippen LogP contribution in [-0.2, 0) is 0 Å². The summed E-state index contributed by atoms with van der Waals surface area (Å²) in [5, 5.41) is 1.57. The summed E-state index contributed by atoms with van der Waals surface area (Å²) in [6.45, 7) is 1.86. The van der Waals surface area contributed by atoms with Crippen molar-refractivity contribution in [2.75, 3.05) is 0 Å². The van der Waals surface area contributed by atoms with Gasteiger partial charge < -0.3 is 4.42 Å². The van der Waals surface area contributed by atoms with Crippen LogP contribution in [0.15, 0.2) is 50.1 Å². The number of hydrogen-bond donors (Lipinski definition) is 0. The SMILES string of the molecule is Cc1c(-c2cccc(Br)c2)c(=O)oc2c(Cl)cc(Cl)cc12. The fourth-order valence-electron chi connectivity index (χ4n) is 2.35. The minimum Gasteiger partial charge on any atom is -0.421 e. The molecule has 1 aromatic heterocycles. The van der Waals surface area contributed by atoms with Crippen LogP contribution in [0.1, 0.15) is 5.56 Å². The lowest BCUT2D eigenvalue weighted by atomic mass is 10.00. The number of hydrogen-bond acceptors (Lipinski definition) is 2. The van der Waals surface area contributed by atoms with Gasteiger partial charge in [-0.3, -0.25) is 0 Å². The first-order chi connectivity index (χ1) is 9.97. The van der Waals surface area contributed by atoms with Gasteiger partial charge in [0.15, 0.2) is 5.58 Å². The van der Waals surface area contributed by atoms with E-state index in [1.807, 2.05) is 31.2 Å². The molecule has 0 aliphatic rings. The van der Waals surface area contributed by atoms with Crippen LogP contribution in [0, 0.1) is 6.92 Å². The quantitative estimate of drug-likeness (QED) is 0.494. The van der Waals surface area contributed by atoms with Crippen LogP contribution >= 0.6 is 39.1 Å². The molecule has 0 saturated heterocycles. The zero-order chi connectivity index (χ0) is 15.1. The summed E-state index contributed by atoms with van der Waals surface area (Å²) in [7, 11) is 0. The summed E-state index contributed by atoms with van der Waals surface area (Å²) in [4.78, 5) is 12.3. The van der Waals surface area contributed by atoms with E-state index in [-0.39, 0.29) is 0 Å². The first kappa shape index (κ1) is 14.6. The topological polar surface area (TPSA) is 30.2 Å². The van der Waals surface area contributed by atoms with Crippen LogP contribution < -0.4 is 5.63 Å². The van der Waals surface area contributed by atoms with Crippen molar-refractivity contribution in [3.63, 3.8) is 0 Å². The van der Waals surface area contributed by atoms with Crippen molar-refractivity contribution in [2.24, 2.45) is 0 Å².